The Bertz CT molecular complexity index is 607. The van der Waals surface area contributed by atoms with Crippen molar-refractivity contribution >= 4 is 17.8 Å². The van der Waals surface area contributed by atoms with E-state index < -0.39 is 18.1 Å². The van der Waals surface area contributed by atoms with E-state index in [-0.39, 0.29) is 23.1 Å². The van der Waals surface area contributed by atoms with Gasteiger partial charge >= 0.3 is 5.97 Å². The predicted molar refractivity (Wildman–Crippen MR) is 106 cm³/mol. The molecule has 4 aliphatic carbocycles. The summed E-state index contributed by atoms with van der Waals surface area (Å²) >= 11 is 0. The molecule has 4 fully saturated rings. The third kappa shape index (κ3) is 4.26. The third-order valence-corrected chi connectivity index (χ3v) is 6.81. The fraction of sp³-hybridized carbons (Fsp3) is 0.773. The van der Waals surface area contributed by atoms with Crippen LogP contribution in [0.1, 0.15) is 59.3 Å². The Morgan fingerprint density at radius 1 is 1.07 bits per heavy atom. The minimum absolute atomic E-state index is 0.00557. The molecule has 0 unspecified atom stereocenters. The van der Waals surface area contributed by atoms with E-state index in [9.17, 15) is 14.4 Å². The Kier molecular flexibility index (Phi) is 6.15. The van der Waals surface area contributed by atoms with E-state index in [4.69, 9.17) is 4.74 Å². The van der Waals surface area contributed by atoms with E-state index in [0.29, 0.717) is 24.3 Å². The standard InChI is InChI=1S/C22H34N2O4/c1-5-6-23-19(25)14(4)28-20(26)18(13(2)3)24-21(27)22-10-15-7-16(11-22)9-17(8-15)12-22/h5,13-18H,1,6-12H2,2-4H3,(H,23,25)(H,24,27)/t14-,15?,16?,17?,18-,22?/m0/s1. The summed E-state index contributed by atoms with van der Waals surface area (Å²) in [6.07, 6.45) is 7.29. The Morgan fingerprint density at radius 2 is 1.61 bits per heavy atom. The van der Waals surface area contributed by atoms with Crippen molar-refractivity contribution in [1.82, 2.24) is 10.6 Å². The molecule has 4 rings (SSSR count). The average molecular weight is 391 g/mol. The summed E-state index contributed by atoms with van der Waals surface area (Å²) in [5, 5.41) is 5.61. The summed E-state index contributed by atoms with van der Waals surface area (Å²) in [6.45, 7) is 9.16. The fourth-order valence-corrected chi connectivity index (χ4v) is 5.80. The highest BCUT2D eigenvalue weighted by Crippen LogP contribution is 2.60. The second kappa shape index (κ2) is 8.26. The maximum Gasteiger partial charge on any atom is 0.329 e. The van der Waals surface area contributed by atoms with Gasteiger partial charge in [0.25, 0.3) is 5.91 Å². The Labute approximate surface area is 167 Å². The summed E-state index contributed by atoms with van der Waals surface area (Å²) in [5.74, 6) is 0.956. The Hall–Kier alpha value is -1.85. The first-order chi connectivity index (χ1) is 13.2. The molecule has 4 bridgehead atoms. The summed E-state index contributed by atoms with van der Waals surface area (Å²) in [5.41, 5.74) is -0.310. The zero-order valence-corrected chi connectivity index (χ0v) is 17.3. The largest absolute Gasteiger partial charge is 0.451 e. The predicted octanol–water partition coefficient (Wildman–Crippen LogP) is 2.58. The Balaban J connectivity index is 1.63. The molecule has 0 aromatic rings. The van der Waals surface area contributed by atoms with Crippen LogP contribution in [0.2, 0.25) is 0 Å². The van der Waals surface area contributed by atoms with Gasteiger partial charge in [0.05, 0.1) is 0 Å². The molecule has 156 valence electrons. The van der Waals surface area contributed by atoms with Crippen LogP contribution in [0.5, 0.6) is 0 Å². The average Bonchev–Trinajstić information content (AvgIpc) is 2.62. The van der Waals surface area contributed by atoms with Gasteiger partial charge in [-0.25, -0.2) is 4.79 Å². The summed E-state index contributed by atoms with van der Waals surface area (Å²) in [4.78, 5) is 37.9. The van der Waals surface area contributed by atoms with Gasteiger partial charge in [0.2, 0.25) is 5.91 Å². The van der Waals surface area contributed by atoms with E-state index in [0.717, 1.165) is 19.3 Å². The molecule has 0 saturated heterocycles. The van der Waals surface area contributed by atoms with E-state index in [1.54, 1.807) is 6.08 Å². The molecule has 0 aromatic carbocycles. The van der Waals surface area contributed by atoms with Crippen LogP contribution >= 0.6 is 0 Å². The van der Waals surface area contributed by atoms with Crippen molar-refractivity contribution in [3.63, 3.8) is 0 Å². The monoisotopic (exact) mass is 390 g/mol. The van der Waals surface area contributed by atoms with Crippen molar-refractivity contribution in [1.29, 1.82) is 0 Å². The van der Waals surface area contributed by atoms with Crippen LogP contribution in [-0.2, 0) is 19.1 Å². The zero-order chi connectivity index (χ0) is 20.5. The quantitative estimate of drug-likeness (QED) is 0.493. The van der Waals surface area contributed by atoms with Crippen LogP contribution in [0.15, 0.2) is 12.7 Å². The van der Waals surface area contributed by atoms with Crippen LogP contribution in [0.3, 0.4) is 0 Å². The van der Waals surface area contributed by atoms with Gasteiger partial charge in [-0.2, -0.15) is 0 Å². The first-order valence-electron chi connectivity index (χ1n) is 10.6. The van der Waals surface area contributed by atoms with Crippen LogP contribution in [0.4, 0.5) is 0 Å². The van der Waals surface area contributed by atoms with Gasteiger partial charge in [0.1, 0.15) is 6.04 Å². The molecule has 28 heavy (non-hydrogen) atoms. The lowest BCUT2D eigenvalue weighted by Crippen LogP contribution is -2.57. The van der Waals surface area contributed by atoms with Crippen LogP contribution < -0.4 is 10.6 Å². The number of amides is 2. The van der Waals surface area contributed by atoms with Gasteiger partial charge in [-0.15, -0.1) is 6.58 Å². The Morgan fingerprint density at radius 3 is 2.07 bits per heavy atom. The van der Waals surface area contributed by atoms with E-state index in [2.05, 4.69) is 17.2 Å². The molecular weight excluding hydrogens is 356 g/mol. The van der Waals surface area contributed by atoms with E-state index in [1.807, 2.05) is 13.8 Å². The van der Waals surface area contributed by atoms with Crippen LogP contribution in [0.25, 0.3) is 0 Å². The van der Waals surface area contributed by atoms with Crippen molar-refractivity contribution in [2.75, 3.05) is 6.54 Å². The van der Waals surface area contributed by atoms with Crippen LogP contribution in [-0.4, -0.2) is 36.5 Å². The normalized spacial score (nSPS) is 32.5. The minimum atomic E-state index is -0.912. The molecule has 2 N–H and O–H groups in total. The molecule has 4 aliphatic rings. The number of nitrogens with one attached hydrogen (secondary N) is 2. The number of hydrogen-bond acceptors (Lipinski definition) is 4. The lowest BCUT2D eigenvalue weighted by Gasteiger charge is -2.55. The molecule has 2 atom stereocenters. The van der Waals surface area contributed by atoms with E-state index in [1.165, 1.54) is 26.2 Å². The molecule has 6 heteroatoms. The maximum atomic E-state index is 13.3. The summed E-state index contributed by atoms with van der Waals surface area (Å²) in [7, 11) is 0. The summed E-state index contributed by atoms with van der Waals surface area (Å²) in [6, 6.07) is -0.741. The number of carbonyl (C=O) groups excluding carboxylic acids is 3. The fourth-order valence-electron chi connectivity index (χ4n) is 5.80. The van der Waals surface area contributed by atoms with Gasteiger partial charge < -0.3 is 15.4 Å². The molecule has 0 aromatic heterocycles. The van der Waals surface area contributed by atoms with Gasteiger partial charge in [-0.05, 0) is 69.1 Å². The van der Waals surface area contributed by atoms with Gasteiger partial charge in [-0.1, -0.05) is 19.9 Å². The molecule has 2 amide bonds. The minimum Gasteiger partial charge on any atom is -0.451 e. The maximum absolute atomic E-state index is 13.3. The van der Waals surface area contributed by atoms with Crippen LogP contribution in [0, 0.1) is 29.1 Å². The first kappa shape index (κ1) is 20.9. The lowest BCUT2D eigenvalue weighted by atomic mass is 9.49. The molecule has 0 aliphatic heterocycles. The van der Waals surface area contributed by atoms with Gasteiger partial charge in [0.15, 0.2) is 6.10 Å². The number of esters is 1. The topological polar surface area (TPSA) is 84.5 Å². The first-order valence-corrected chi connectivity index (χ1v) is 10.6. The van der Waals surface area contributed by atoms with Gasteiger partial charge in [-0.3, -0.25) is 9.59 Å². The molecule has 4 saturated carbocycles. The van der Waals surface area contributed by atoms with Crippen molar-refractivity contribution in [2.24, 2.45) is 29.1 Å². The highest BCUT2D eigenvalue weighted by atomic mass is 16.5. The number of hydrogen-bond donors (Lipinski definition) is 2. The van der Waals surface area contributed by atoms with Crippen molar-refractivity contribution in [3.05, 3.63) is 12.7 Å². The molecule has 0 heterocycles. The zero-order valence-electron chi connectivity index (χ0n) is 17.3. The number of ether oxygens (including phenoxy) is 1. The highest BCUT2D eigenvalue weighted by molar-refractivity contribution is 5.90. The molecule has 0 spiro atoms. The molecule has 6 nitrogen and oxygen atoms in total. The van der Waals surface area contributed by atoms with Crippen molar-refractivity contribution < 1.29 is 19.1 Å². The molecule has 0 radical (unpaired) electrons. The van der Waals surface area contributed by atoms with Crippen molar-refractivity contribution in [2.45, 2.75) is 71.4 Å². The SMILES string of the molecule is C=CCNC(=O)[C@H](C)OC(=O)[C@@H](NC(=O)C12CC3CC(CC(C3)C1)C2)C(C)C. The second-order valence-electron chi connectivity index (χ2n) is 9.51. The number of rotatable bonds is 8. The highest BCUT2D eigenvalue weighted by Gasteiger charge is 2.55. The second-order valence-corrected chi connectivity index (χ2v) is 9.51. The van der Waals surface area contributed by atoms with Crippen molar-refractivity contribution in [3.8, 4) is 0 Å². The van der Waals surface area contributed by atoms with Gasteiger partial charge in [0, 0.05) is 12.0 Å². The summed E-state index contributed by atoms with van der Waals surface area (Å²) < 4.78 is 5.35. The molecular formula is C22H34N2O4. The number of carbonyl (C=O) groups is 3. The van der Waals surface area contributed by atoms with E-state index >= 15 is 0 Å². The smallest absolute Gasteiger partial charge is 0.329 e. The lowest BCUT2D eigenvalue weighted by molar-refractivity contribution is -0.161. The third-order valence-electron chi connectivity index (χ3n) is 6.81.